The van der Waals surface area contributed by atoms with Crippen molar-refractivity contribution in [2.24, 2.45) is 0 Å². The molecule has 0 unspecified atom stereocenters. The Morgan fingerprint density at radius 1 is 1.00 bits per heavy atom. The number of benzene rings is 2. The summed E-state index contributed by atoms with van der Waals surface area (Å²) >= 11 is 0. The first kappa shape index (κ1) is 17.5. The lowest BCUT2D eigenvalue weighted by Crippen LogP contribution is -2.44. The summed E-state index contributed by atoms with van der Waals surface area (Å²) in [5, 5.41) is 20.4. The molecule has 0 aromatic heterocycles. The van der Waals surface area contributed by atoms with Crippen LogP contribution in [0.3, 0.4) is 0 Å². The molecule has 3 rings (SSSR count). The van der Waals surface area contributed by atoms with E-state index in [-0.39, 0.29) is 18.1 Å². The van der Waals surface area contributed by atoms with Crippen molar-refractivity contribution in [3.63, 3.8) is 0 Å². The summed E-state index contributed by atoms with van der Waals surface area (Å²) in [6, 6.07) is 16.6. The van der Waals surface area contributed by atoms with Gasteiger partial charge in [-0.3, -0.25) is 4.79 Å². The Labute approximate surface area is 148 Å². The third-order valence-electron chi connectivity index (χ3n) is 4.85. The fraction of sp³-hybridized carbons (Fsp3) is 0.381. The predicted octanol–water partition coefficient (Wildman–Crippen LogP) is 3.27. The molecule has 1 aliphatic carbocycles. The van der Waals surface area contributed by atoms with E-state index >= 15 is 0 Å². The van der Waals surface area contributed by atoms with Gasteiger partial charge in [-0.25, -0.2) is 0 Å². The number of carbonyl (C=O) groups excluding carboxylic acids is 1. The lowest BCUT2D eigenvalue weighted by molar-refractivity contribution is -0.134. The van der Waals surface area contributed by atoms with Crippen LogP contribution in [0.1, 0.15) is 36.8 Å². The van der Waals surface area contributed by atoms with E-state index in [1.165, 1.54) is 0 Å². The molecule has 132 valence electrons. The maximum atomic E-state index is 12.9. The van der Waals surface area contributed by atoms with E-state index in [0.29, 0.717) is 13.1 Å². The highest BCUT2D eigenvalue weighted by Gasteiger charge is 2.34. The monoisotopic (exact) mass is 339 g/mol. The topological polar surface area (TPSA) is 60.8 Å². The van der Waals surface area contributed by atoms with Crippen LogP contribution in [0.4, 0.5) is 0 Å². The zero-order valence-corrected chi connectivity index (χ0v) is 14.4. The summed E-state index contributed by atoms with van der Waals surface area (Å²) in [6.45, 7) is 0.848. The van der Waals surface area contributed by atoms with E-state index in [1.807, 2.05) is 36.4 Å². The minimum Gasteiger partial charge on any atom is -0.508 e. The van der Waals surface area contributed by atoms with Crippen molar-refractivity contribution in [2.75, 3.05) is 6.54 Å². The highest BCUT2D eigenvalue weighted by atomic mass is 16.3. The molecule has 0 spiro atoms. The number of hydrogen-bond donors (Lipinski definition) is 2. The highest BCUT2D eigenvalue weighted by Crippen LogP contribution is 2.31. The maximum Gasteiger partial charge on any atom is 0.227 e. The Balaban J connectivity index is 1.75. The van der Waals surface area contributed by atoms with Gasteiger partial charge in [0.15, 0.2) is 0 Å². The lowest BCUT2D eigenvalue weighted by Gasteiger charge is -2.31. The van der Waals surface area contributed by atoms with Crippen LogP contribution in [0, 0.1) is 0 Å². The molecule has 25 heavy (non-hydrogen) atoms. The number of rotatable bonds is 6. The second kappa shape index (κ2) is 7.70. The first-order valence-corrected chi connectivity index (χ1v) is 8.86. The van der Waals surface area contributed by atoms with E-state index in [0.717, 1.165) is 36.8 Å². The van der Waals surface area contributed by atoms with Crippen LogP contribution in [0.5, 0.6) is 5.75 Å². The van der Waals surface area contributed by atoms with E-state index < -0.39 is 5.60 Å². The molecule has 1 aliphatic rings. The summed E-state index contributed by atoms with van der Waals surface area (Å²) < 4.78 is 0. The van der Waals surface area contributed by atoms with Gasteiger partial charge in [0.2, 0.25) is 5.91 Å². The third-order valence-corrected chi connectivity index (χ3v) is 4.85. The normalized spacial score (nSPS) is 15.9. The van der Waals surface area contributed by atoms with Gasteiger partial charge in [-0.05, 0) is 36.1 Å². The molecule has 0 atom stereocenters. The van der Waals surface area contributed by atoms with Crippen LogP contribution in [0.2, 0.25) is 0 Å². The highest BCUT2D eigenvalue weighted by molar-refractivity contribution is 5.79. The van der Waals surface area contributed by atoms with Gasteiger partial charge in [-0.1, -0.05) is 55.3 Å². The minimum atomic E-state index is -0.775. The number of amides is 1. The summed E-state index contributed by atoms with van der Waals surface area (Å²) in [4.78, 5) is 14.6. The van der Waals surface area contributed by atoms with Crippen LogP contribution in [-0.2, 0) is 17.8 Å². The summed E-state index contributed by atoms with van der Waals surface area (Å²) in [7, 11) is 0. The zero-order chi connectivity index (χ0) is 17.7. The Hall–Kier alpha value is -2.33. The van der Waals surface area contributed by atoms with Gasteiger partial charge in [0.05, 0.1) is 12.0 Å². The number of hydrogen-bond acceptors (Lipinski definition) is 3. The van der Waals surface area contributed by atoms with Gasteiger partial charge < -0.3 is 15.1 Å². The van der Waals surface area contributed by atoms with E-state index in [2.05, 4.69) is 0 Å². The van der Waals surface area contributed by atoms with E-state index in [1.54, 1.807) is 23.1 Å². The van der Waals surface area contributed by atoms with Crippen LogP contribution in [-0.4, -0.2) is 33.2 Å². The molecule has 1 fully saturated rings. The van der Waals surface area contributed by atoms with Gasteiger partial charge in [-0.15, -0.1) is 0 Å². The van der Waals surface area contributed by atoms with Crippen LogP contribution >= 0.6 is 0 Å². The molecule has 1 amide bonds. The summed E-state index contributed by atoms with van der Waals surface area (Å²) in [5.74, 6) is 0.129. The molecule has 0 saturated heterocycles. The van der Waals surface area contributed by atoms with Crippen molar-refractivity contribution < 1.29 is 15.0 Å². The molecule has 0 bridgehead atoms. The molecule has 0 heterocycles. The maximum absolute atomic E-state index is 12.9. The number of phenolic OH excluding ortho intramolecular Hbond substituents is 1. The second-order valence-electron chi connectivity index (χ2n) is 7.01. The van der Waals surface area contributed by atoms with Gasteiger partial charge in [0.1, 0.15) is 5.75 Å². The smallest absolute Gasteiger partial charge is 0.227 e. The van der Waals surface area contributed by atoms with Crippen molar-refractivity contribution in [1.29, 1.82) is 0 Å². The van der Waals surface area contributed by atoms with Crippen molar-refractivity contribution in [3.8, 4) is 5.75 Å². The fourth-order valence-electron chi connectivity index (χ4n) is 3.54. The molecule has 1 saturated carbocycles. The quantitative estimate of drug-likeness (QED) is 0.849. The van der Waals surface area contributed by atoms with E-state index in [4.69, 9.17) is 0 Å². The Kier molecular flexibility index (Phi) is 5.39. The fourth-order valence-corrected chi connectivity index (χ4v) is 3.54. The van der Waals surface area contributed by atoms with Gasteiger partial charge in [0, 0.05) is 13.1 Å². The Morgan fingerprint density at radius 3 is 2.36 bits per heavy atom. The molecule has 0 aliphatic heterocycles. The first-order chi connectivity index (χ1) is 12.0. The number of carbonyl (C=O) groups is 1. The van der Waals surface area contributed by atoms with Crippen molar-refractivity contribution >= 4 is 5.91 Å². The average molecular weight is 339 g/mol. The standard InChI is InChI=1S/C21H25NO3/c23-19-10-6-9-18(13-19)14-20(24)22(15-17-7-2-1-3-8-17)16-21(25)11-4-5-12-21/h1-3,6-10,13,23,25H,4-5,11-12,14-16H2. The lowest BCUT2D eigenvalue weighted by atomic mass is 10.0. The number of phenols is 1. The largest absolute Gasteiger partial charge is 0.508 e. The molecule has 2 N–H and O–H groups in total. The van der Waals surface area contributed by atoms with Crippen molar-refractivity contribution in [1.82, 2.24) is 4.90 Å². The Morgan fingerprint density at radius 2 is 1.68 bits per heavy atom. The number of nitrogens with zero attached hydrogens (tertiary/aromatic N) is 1. The summed E-state index contributed by atoms with van der Waals surface area (Å²) in [5.41, 5.74) is 1.05. The van der Waals surface area contributed by atoms with Gasteiger partial charge in [-0.2, -0.15) is 0 Å². The molecular formula is C21H25NO3. The minimum absolute atomic E-state index is 0.0326. The molecular weight excluding hydrogens is 314 g/mol. The third kappa shape index (κ3) is 4.83. The molecule has 4 heteroatoms. The van der Waals surface area contributed by atoms with E-state index in [9.17, 15) is 15.0 Å². The predicted molar refractivity (Wildman–Crippen MR) is 97.1 cm³/mol. The van der Waals surface area contributed by atoms with Gasteiger partial charge in [0.25, 0.3) is 0 Å². The second-order valence-corrected chi connectivity index (χ2v) is 7.01. The SMILES string of the molecule is O=C(Cc1cccc(O)c1)N(Cc1ccccc1)CC1(O)CCCC1. The first-order valence-electron chi connectivity index (χ1n) is 8.86. The summed E-state index contributed by atoms with van der Waals surface area (Å²) in [6.07, 6.45) is 3.74. The van der Waals surface area contributed by atoms with Crippen LogP contribution in [0.25, 0.3) is 0 Å². The van der Waals surface area contributed by atoms with Crippen molar-refractivity contribution in [2.45, 2.75) is 44.2 Å². The number of aliphatic hydroxyl groups is 1. The molecule has 2 aromatic rings. The number of aromatic hydroxyl groups is 1. The molecule has 2 aromatic carbocycles. The molecule has 4 nitrogen and oxygen atoms in total. The van der Waals surface area contributed by atoms with Crippen molar-refractivity contribution in [3.05, 3.63) is 65.7 Å². The van der Waals surface area contributed by atoms with Crippen LogP contribution in [0.15, 0.2) is 54.6 Å². The van der Waals surface area contributed by atoms with Gasteiger partial charge >= 0.3 is 0 Å². The zero-order valence-electron chi connectivity index (χ0n) is 14.4. The molecule has 0 radical (unpaired) electrons. The van der Waals surface area contributed by atoms with Crippen LogP contribution < -0.4 is 0 Å². The average Bonchev–Trinajstić information content (AvgIpc) is 3.01. The Bertz CT molecular complexity index is 708.